The molecule has 0 aliphatic carbocycles. The Balaban J connectivity index is 1.43. The number of amides is 3. The van der Waals surface area contributed by atoms with E-state index in [0.717, 1.165) is 14.7 Å². The maximum Gasteiger partial charge on any atom is 0.269 e. The van der Waals surface area contributed by atoms with Crippen LogP contribution >= 0.6 is 11.8 Å². The van der Waals surface area contributed by atoms with Crippen molar-refractivity contribution in [3.63, 3.8) is 0 Å². The Morgan fingerprint density at radius 1 is 0.938 bits per heavy atom. The van der Waals surface area contributed by atoms with Gasteiger partial charge in [-0.05, 0) is 61.5 Å². The lowest BCUT2D eigenvalue weighted by Gasteiger charge is -2.08. The van der Waals surface area contributed by atoms with E-state index in [1.54, 1.807) is 31.2 Å². The van der Waals surface area contributed by atoms with Gasteiger partial charge >= 0.3 is 0 Å². The summed E-state index contributed by atoms with van der Waals surface area (Å²) < 4.78 is 0. The molecule has 0 atom stereocenters. The molecular formula is C23H17N3O5S. The van der Waals surface area contributed by atoms with Crippen LogP contribution in [0.25, 0.3) is 0 Å². The number of hydrogen-bond donors (Lipinski definition) is 1. The lowest BCUT2D eigenvalue weighted by atomic mass is 10.1. The molecule has 0 aromatic heterocycles. The number of nitro groups is 1. The fraction of sp³-hybridized carbons (Fsp3) is 0.0870. The molecule has 1 aliphatic heterocycles. The number of carbonyl (C=O) groups excluding carboxylic acids is 3. The van der Waals surface area contributed by atoms with Crippen molar-refractivity contribution < 1.29 is 19.3 Å². The number of nitrogens with zero attached hydrogens (tertiary/aromatic N) is 2. The maximum atomic E-state index is 12.6. The second kappa shape index (κ2) is 8.64. The average Bonchev–Trinajstić information content (AvgIpc) is 3.04. The van der Waals surface area contributed by atoms with Gasteiger partial charge in [0.2, 0.25) is 0 Å². The molecule has 0 radical (unpaired) electrons. The lowest BCUT2D eigenvalue weighted by Crippen LogP contribution is -2.29. The monoisotopic (exact) mass is 447 g/mol. The number of nitro benzene ring substituents is 1. The highest BCUT2D eigenvalue weighted by Gasteiger charge is 2.34. The summed E-state index contributed by atoms with van der Waals surface area (Å²) in [4.78, 5) is 50.4. The molecule has 1 N–H and O–H groups in total. The minimum absolute atomic E-state index is 0.0347. The summed E-state index contributed by atoms with van der Waals surface area (Å²) in [6.07, 6.45) is 0. The summed E-state index contributed by atoms with van der Waals surface area (Å²) in [6, 6.07) is 17.9. The SMILES string of the molecule is CCN1C(=O)c2ccc(C(=O)Nc3ccc(Sc4ccc([N+](=O)[O-])cc4)cc3)cc2C1=O. The Bertz CT molecular complexity index is 1240. The Morgan fingerprint density at radius 3 is 2.12 bits per heavy atom. The van der Waals surface area contributed by atoms with Gasteiger partial charge in [0.1, 0.15) is 0 Å². The molecule has 1 heterocycles. The van der Waals surface area contributed by atoms with Gasteiger partial charge in [-0.2, -0.15) is 0 Å². The zero-order valence-electron chi connectivity index (χ0n) is 16.9. The molecule has 0 saturated heterocycles. The second-order valence-corrected chi connectivity index (χ2v) is 8.09. The molecule has 32 heavy (non-hydrogen) atoms. The molecule has 0 saturated carbocycles. The van der Waals surface area contributed by atoms with E-state index in [0.29, 0.717) is 11.3 Å². The predicted molar refractivity (Wildman–Crippen MR) is 119 cm³/mol. The van der Waals surface area contributed by atoms with E-state index in [1.165, 1.54) is 42.1 Å². The summed E-state index contributed by atoms with van der Waals surface area (Å²) in [5.74, 6) is -1.13. The fourth-order valence-electron chi connectivity index (χ4n) is 3.30. The third kappa shape index (κ3) is 4.10. The van der Waals surface area contributed by atoms with Crippen LogP contribution in [0.15, 0.2) is 76.5 Å². The van der Waals surface area contributed by atoms with Crippen molar-refractivity contribution in [2.24, 2.45) is 0 Å². The summed E-state index contributed by atoms with van der Waals surface area (Å²) >= 11 is 1.44. The number of benzene rings is 3. The van der Waals surface area contributed by atoms with Crippen molar-refractivity contribution in [3.8, 4) is 0 Å². The van der Waals surface area contributed by atoms with Gasteiger partial charge < -0.3 is 5.32 Å². The van der Waals surface area contributed by atoms with Crippen LogP contribution in [0.2, 0.25) is 0 Å². The van der Waals surface area contributed by atoms with E-state index in [2.05, 4.69) is 5.32 Å². The standard InChI is InChI=1S/C23H17N3O5S/c1-2-25-22(28)19-12-3-14(13-20(19)23(25)29)21(27)24-15-4-8-17(9-5-15)32-18-10-6-16(7-11-18)26(30)31/h3-13H,2H2,1H3,(H,24,27). The predicted octanol–water partition coefficient (Wildman–Crippen LogP) is 4.61. The van der Waals surface area contributed by atoms with Crippen LogP contribution < -0.4 is 5.32 Å². The summed E-state index contributed by atoms with van der Waals surface area (Å²) in [5, 5.41) is 13.5. The highest BCUT2D eigenvalue weighted by atomic mass is 32.2. The molecule has 160 valence electrons. The molecule has 0 unspecified atom stereocenters. The van der Waals surface area contributed by atoms with Crippen molar-refractivity contribution in [1.29, 1.82) is 0 Å². The number of rotatable bonds is 6. The van der Waals surface area contributed by atoms with Crippen LogP contribution in [0, 0.1) is 10.1 Å². The van der Waals surface area contributed by atoms with Crippen LogP contribution in [0.4, 0.5) is 11.4 Å². The molecule has 0 bridgehead atoms. The van der Waals surface area contributed by atoms with E-state index >= 15 is 0 Å². The first-order valence-corrected chi connectivity index (χ1v) is 10.5. The van der Waals surface area contributed by atoms with Gasteiger partial charge in [-0.1, -0.05) is 11.8 Å². The third-order valence-electron chi connectivity index (χ3n) is 4.94. The number of nitrogens with one attached hydrogen (secondary N) is 1. The van der Waals surface area contributed by atoms with Crippen molar-refractivity contribution in [1.82, 2.24) is 4.90 Å². The van der Waals surface area contributed by atoms with Crippen LogP contribution in [0.5, 0.6) is 0 Å². The van der Waals surface area contributed by atoms with Crippen molar-refractivity contribution >= 4 is 40.9 Å². The minimum atomic E-state index is -0.444. The summed E-state index contributed by atoms with van der Waals surface area (Å²) in [6.45, 7) is 2.00. The highest BCUT2D eigenvalue weighted by molar-refractivity contribution is 7.99. The fourth-order valence-corrected chi connectivity index (χ4v) is 4.12. The van der Waals surface area contributed by atoms with Gasteiger partial charge in [0.15, 0.2) is 0 Å². The normalized spacial score (nSPS) is 12.6. The summed E-state index contributed by atoms with van der Waals surface area (Å²) in [7, 11) is 0. The number of fused-ring (bicyclic) bond motifs is 1. The maximum absolute atomic E-state index is 12.6. The molecule has 8 nitrogen and oxygen atoms in total. The Hall–Kier alpha value is -3.98. The van der Waals surface area contributed by atoms with E-state index in [1.807, 2.05) is 12.1 Å². The van der Waals surface area contributed by atoms with Gasteiger partial charge in [0, 0.05) is 39.7 Å². The molecule has 4 rings (SSSR count). The summed E-state index contributed by atoms with van der Waals surface area (Å²) in [5.41, 5.74) is 1.43. The van der Waals surface area contributed by atoms with Gasteiger partial charge in [0.05, 0.1) is 16.1 Å². The van der Waals surface area contributed by atoms with Gasteiger partial charge in [-0.15, -0.1) is 0 Å². The number of hydrogen-bond acceptors (Lipinski definition) is 6. The molecule has 9 heteroatoms. The first-order valence-electron chi connectivity index (χ1n) is 9.71. The first kappa shape index (κ1) is 21.3. The Morgan fingerprint density at radius 2 is 1.53 bits per heavy atom. The van der Waals surface area contributed by atoms with Gasteiger partial charge in [-0.25, -0.2) is 0 Å². The van der Waals surface area contributed by atoms with Crippen LogP contribution in [0.1, 0.15) is 38.0 Å². The van der Waals surface area contributed by atoms with E-state index in [-0.39, 0.29) is 29.3 Å². The topological polar surface area (TPSA) is 110 Å². The first-order chi connectivity index (χ1) is 15.4. The number of imide groups is 1. The van der Waals surface area contributed by atoms with Crippen LogP contribution in [-0.4, -0.2) is 34.1 Å². The van der Waals surface area contributed by atoms with Crippen molar-refractivity contribution in [3.05, 3.63) is 93.5 Å². The molecular weight excluding hydrogens is 430 g/mol. The molecule has 0 fully saturated rings. The largest absolute Gasteiger partial charge is 0.322 e. The molecule has 0 spiro atoms. The molecule has 3 aromatic carbocycles. The highest BCUT2D eigenvalue weighted by Crippen LogP contribution is 2.30. The van der Waals surface area contributed by atoms with Gasteiger partial charge in [-0.3, -0.25) is 29.4 Å². The quantitative estimate of drug-likeness (QED) is 0.336. The van der Waals surface area contributed by atoms with E-state index < -0.39 is 16.7 Å². The van der Waals surface area contributed by atoms with Gasteiger partial charge in [0.25, 0.3) is 23.4 Å². The second-order valence-electron chi connectivity index (χ2n) is 6.95. The lowest BCUT2D eigenvalue weighted by molar-refractivity contribution is -0.384. The third-order valence-corrected chi connectivity index (χ3v) is 5.96. The smallest absolute Gasteiger partial charge is 0.269 e. The number of anilines is 1. The zero-order valence-corrected chi connectivity index (χ0v) is 17.7. The molecule has 1 aliphatic rings. The Labute approximate surface area is 187 Å². The van der Waals surface area contributed by atoms with Crippen molar-refractivity contribution in [2.45, 2.75) is 16.7 Å². The van der Waals surface area contributed by atoms with Crippen molar-refractivity contribution in [2.75, 3.05) is 11.9 Å². The van der Waals surface area contributed by atoms with E-state index in [9.17, 15) is 24.5 Å². The Kier molecular flexibility index (Phi) is 5.74. The van der Waals surface area contributed by atoms with Crippen LogP contribution in [0.3, 0.4) is 0 Å². The minimum Gasteiger partial charge on any atom is -0.322 e. The zero-order chi connectivity index (χ0) is 22.8. The number of carbonyl (C=O) groups is 3. The molecule has 3 aromatic rings. The average molecular weight is 447 g/mol. The number of non-ortho nitro benzene ring substituents is 1. The molecule has 3 amide bonds. The van der Waals surface area contributed by atoms with E-state index in [4.69, 9.17) is 0 Å². The van der Waals surface area contributed by atoms with Crippen LogP contribution in [-0.2, 0) is 0 Å².